The van der Waals surface area contributed by atoms with Crippen molar-refractivity contribution in [2.75, 3.05) is 19.8 Å². The van der Waals surface area contributed by atoms with Crippen LogP contribution in [0.25, 0.3) is 0 Å². The summed E-state index contributed by atoms with van der Waals surface area (Å²) in [5.41, 5.74) is -5.61. The van der Waals surface area contributed by atoms with E-state index in [1.165, 1.54) is 173 Å². The number of hydrogen-bond donors (Lipinski definition) is 0. The smallest absolute Gasteiger partial charge is 0.350 e. The highest BCUT2D eigenvalue weighted by Crippen LogP contribution is 2.81. The maximum atomic E-state index is 13.0. The van der Waals surface area contributed by atoms with Crippen LogP contribution >= 0.6 is 0 Å². The summed E-state index contributed by atoms with van der Waals surface area (Å²) in [6, 6.07) is 0. The van der Waals surface area contributed by atoms with Crippen LogP contribution in [0.3, 0.4) is 0 Å². The van der Waals surface area contributed by atoms with Gasteiger partial charge in [-0.2, -0.15) is 0 Å². The highest BCUT2D eigenvalue weighted by atomic mass is 16.6. The van der Waals surface area contributed by atoms with Crippen LogP contribution in [0.4, 0.5) is 0 Å². The highest BCUT2D eigenvalue weighted by molar-refractivity contribution is 5.85. The van der Waals surface area contributed by atoms with Crippen molar-refractivity contribution in [3.63, 3.8) is 0 Å². The SMILES string of the molecule is CC.CC.CC.CC.CC.CCC(C)(C)C(=O)OC(C)(C)C(=O)OC(C)(C)C12CC3CC(CC(C3)C1)C2.CCC(C)(C)C(=O)OC(C)C(=O)OC(C)(C)C12CC3CC(CC(C3)C1)C2.CCC(C)(C)C(=O)OCC(=O)OC(C)(C)C12CC3C4CC5CC3C(C)(C1)C(C5)C4C2.CCC(C)(C)C(=O)OCC(=O)OC(C)(C)C1CC2CCC1C2.CCC(C)(C)C(=O)OCCCC(=O)OC(C)(C)C12CC3CC(CC(C3)C1)C2. The van der Waals surface area contributed by atoms with Crippen molar-refractivity contribution < 1.29 is 95.3 Å². The van der Waals surface area contributed by atoms with Gasteiger partial charge >= 0.3 is 59.7 Å². The molecule has 22 bridgehead atoms. The predicted molar refractivity (Wildman–Crippen MR) is 566 cm³/mol. The standard InChI is InChI=1S/C26H40O4.2C23H38O4.C22H36O4.C18H30O4.5C2H6/c1-7-23(2,3)22(28)29-13-21(27)30-24(4,5)26-11-17-16-8-15-9-19(17)25(6,14-26)20(10-15)18(16)12-26;1-8-20(2,3)18(24)26-21(4,5)19(25)27-22(6,7)23-12-15-9-16(13-23)11-17(10-15)14-23;1-6-21(2,3)20(25)26-9-7-8-19(24)27-22(4,5)23-13-16-10-17(14-23)12-18(11-16)15-23;1-7-20(3,4)19(24)25-14(2)18(23)26-21(5,6)22-11-15-8-16(12-22)10-17(9-15)13-22;1-6-17(2,3)16(20)21-11-15(19)22-18(4,5)14-10-12-7-8-13(14)9-12;5*1-2/h15-20H,7-14H2,1-6H3;15-17H,8-14H2,1-7H3;16-18H,6-15H2,1-5H3;14-17H,7-13H2,1-6H3;12-14H,6-11H2,1-5H3;5*1-2H3. The van der Waals surface area contributed by atoms with Gasteiger partial charge in [0.2, 0.25) is 5.60 Å². The van der Waals surface area contributed by atoms with E-state index in [2.05, 4.69) is 62.3 Å². The summed E-state index contributed by atoms with van der Waals surface area (Å²) in [5, 5.41) is 0. The van der Waals surface area contributed by atoms with Gasteiger partial charge in [-0.15, -0.1) is 0 Å². The summed E-state index contributed by atoms with van der Waals surface area (Å²) in [4.78, 5) is 124. The van der Waals surface area contributed by atoms with E-state index in [1.807, 2.05) is 187 Å². The topological polar surface area (TPSA) is 263 Å². The first kappa shape index (κ1) is 124. The molecule has 20 heteroatoms. The van der Waals surface area contributed by atoms with Gasteiger partial charge in [0, 0.05) is 34.0 Å². The molecule has 0 aromatic carbocycles. The zero-order valence-electron chi connectivity index (χ0n) is 98.0. The highest BCUT2D eigenvalue weighted by Gasteiger charge is 2.75. The quantitative estimate of drug-likeness (QED) is 0.0344. The van der Waals surface area contributed by atoms with Gasteiger partial charge in [0.25, 0.3) is 0 Å². The lowest BCUT2D eigenvalue weighted by Gasteiger charge is -2.78. The third kappa shape index (κ3) is 27.4. The number of carbonyl (C=O) groups is 10. The molecule has 20 nitrogen and oxygen atoms in total. The van der Waals surface area contributed by atoms with E-state index >= 15 is 0 Å². The average Bonchev–Trinajstić information content (AvgIpc) is 0.678. The molecule has 21 fully saturated rings. The van der Waals surface area contributed by atoms with Gasteiger partial charge in [-0.1, -0.05) is 117 Å². The summed E-state index contributed by atoms with van der Waals surface area (Å²) in [6.45, 7) is 76.2. The summed E-state index contributed by atoms with van der Waals surface area (Å²) >= 11 is 0. The van der Waals surface area contributed by atoms with E-state index < -0.39 is 90.7 Å². The van der Waals surface area contributed by atoms with Gasteiger partial charge in [-0.3, -0.25) is 28.8 Å². The lowest BCUT2D eigenvalue weighted by Crippen LogP contribution is -2.72. The third-order valence-corrected chi connectivity index (χ3v) is 40.3. The van der Waals surface area contributed by atoms with E-state index in [-0.39, 0.29) is 77.3 Å². The van der Waals surface area contributed by atoms with E-state index in [9.17, 15) is 47.9 Å². The predicted octanol–water partition coefficient (Wildman–Crippen LogP) is 29.7. The van der Waals surface area contributed by atoms with Crippen LogP contribution in [0.1, 0.15) is 495 Å². The van der Waals surface area contributed by atoms with Crippen LogP contribution in [0.5, 0.6) is 0 Å². The average molecular weight is 2000 g/mol. The van der Waals surface area contributed by atoms with Crippen molar-refractivity contribution in [1.82, 2.24) is 0 Å². The summed E-state index contributed by atoms with van der Waals surface area (Å²) in [7, 11) is 0. The second-order valence-corrected chi connectivity index (χ2v) is 53.4. The van der Waals surface area contributed by atoms with Crippen molar-refractivity contribution in [2.24, 2.45) is 161 Å². The zero-order valence-corrected chi connectivity index (χ0v) is 98.0. The molecule has 0 heterocycles. The minimum absolute atomic E-state index is 0.0765. The zero-order chi connectivity index (χ0) is 108. The monoisotopic (exact) mass is 2000 g/mol. The van der Waals surface area contributed by atoms with Crippen LogP contribution in [0.15, 0.2) is 0 Å². The second kappa shape index (κ2) is 48.3. The largest absolute Gasteiger partial charge is 0.465 e. The molecule has 0 spiro atoms. The molecule has 21 aliphatic rings. The number of fused-ring (bicyclic) bond motifs is 2. The Morgan fingerprint density at radius 3 is 0.979 bits per heavy atom. The Labute approximate surface area is 865 Å². The van der Waals surface area contributed by atoms with Crippen LogP contribution < -0.4 is 0 Å². The summed E-state index contributed by atoms with van der Waals surface area (Å²) in [6.07, 6.45) is 39.5. The minimum atomic E-state index is -1.27. The van der Waals surface area contributed by atoms with Gasteiger partial charge in [0.05, 0.1) is 33.7 Å². The van der Waals surface area contributed by atoms with Crippen LogP contribution in [0.2, 0.25) is 0 Å². The van der Waals surface area contributed by atoms with Crippen molar-refractivity contribution in [2.45, 2.75) is 534 Å². The maximum Gasteiger partial charge on any atom is 0.350 e. The molecule has 21 rings (SSSR count). The number of hydrogen-bond acceptors (Lipinski definition) is 20. The normalized spacial score (nSPS) is 32.9. The molecule has 21 aliphatic carbocycles. The molecule has 0 aromatic rings. The fraction of sp³-hybridized carbons (Fsp3) is 0.918. The second-order valence-electron chi connectivity index (χ2n) is 53.4. The number of carbonyl (C=O) groups excluding carboxylic acids is 10. The van der Waals surface area contributed by atoms with Crippen molar-refractivity contribution >= 4 is 59.7 Å². The molecule has 820 valence electrons. The molecule has 0 aliphatic heterocycles. The summed E-state index contributed by atoms with van der Waals surface area (Å²) < 4.78 is 56.7. The Balaban J connectivity index is 0.000000236. The van der Waals surface area contributed by atoms with Crippen molar-refractivity contribution in [3.05, 3.63) is 0 Å². The number of ether oxygens (including phenoxy) is 10. The maximum absolute atomic E-state index is 13.0. The molecule has 0 N–H and O–H groups in total. The molecule has 0 radical (unpaired) electrons. The fourth-order valence-electron chi connectivity index (χ4n) is 30.7. The number of esters is 10. The Morgan fingerprint density at radius 2 is 0.627 bits per heavy atom. The molecule has 8 unspecified atom stereocenters. The first-order valence-electron chi connectivity index (χ1n) is 58.0. The molecular formula is C122H212O20. The lowest BCUT2D eigenvalue weighted by molar-refractivity contribution is -0.306. The molecule has 0 amide bonds. The van der Waals surface area contributed by atoms with E-state index in [0.29, 0.717) is 55.8 Å². The minimum Gasteiger partial charge on any atom is -0.465 e. The van der Waals surface area contributed by atoms with Crippen LogP contribution in [-0.2, 0) is 95.3 Å². The van der Waals surface area contributed by atoms with Gasteiger partial charge < -0.3 is 47.4 Å². The fourth-order valence-corrected chi connectivity index (χ4v) is 30.7. The molecule has 21 saturated carbocycles. The number of rotatable bonds is 32. The molecular weight excluding hydrogens is 1790 g/mol. The van der Waals surface area contributed by atoms with Gasteiger partial charge in [-0.25, -0.2) is 19.2 Å². The Morgan fingerprint density at radius 1 is 0.303 bits per heavy atom. The summed E-state index contributed by atoms with van der Waals surface area (Å²) in [5.74, 6) is 11.3. The van der Waals surface area contributed by atoms with Crippen LogP contribution in [-0.4, -0.2) is 119 Å². The molecule has 142 heavy (non-hydrogen) atoms. The van der Waals surface area contributed by atoms with Gasteiger partial charge in [0.1, 0.15) is 28.0 Å². The van der Waals surface area contributed by atoms with Gasteiger partial charge in [-0.05, 0) is 477 Å². The van der Waals surface area contributed by atoms with Gasteiger partial charge in [0.15, 0.2) is 19.3 Å². The first-order valence-corrected chi connectivity index (χ1v) is 58.0. The third-order valence-electron chi connectivity index (χ3n) is 40.3. The van der Waals surface area contributed by atoms with Crippen molar-refractivity contribution in [1.29, 1.82) is 0 Å². The lowest BCUT2D eigenvalue weighted by atomic mass is 9.27. The van der Waals surface area contributed by atoms with Crippen molar-refractivity contribution in [3.8, 4) is 0 Å². The Bertz CT molecular complexity index is 4040. The van der Waals surface area contributed by atoms with Crippen LogP contribution in [0, 0.1) is 161 Å². The van der Waals surface area contributed by atoms with E-state index in [0.717, 1.165) is 108 Å². The Hall–Kier alpha value is -5.30. The van der Waals surface area contributed by atoms with E-state index in [1.54, 1.807) is 20.8 Å². The Kier molecular flexibility index (Phi) is 42.1. The molecule has 0 saturated heterocycles. The molecule has 0 aromatic heterocycles. The first-order chi connectivity index (χ1) is 65.9. The van der Waals surface area contributed by atoms with E-state index in [4.69, 9.17) is 47.4 Å². The molecule has 8 atom stereocenters.